The van der Waals surface area contributed by atoms with E-state index < -0.39 is 11.6 Å². The molecule has 0 radical (unpaired) electrons. The zero-order valence-electron chi connectivity index (χ0n) is 16.6. The molecule has 1 aromatic carbocycles. The lowest BCUT2D eigenvalue weighted by Crippen LogP contribution is -2.51. The number of rotatable bonds is 6. The van der Waals surface area contributed by atoms with Crippen LogP contribution in [-0.4, -0.2) is 54.3 Å². The molecular formula is C21H32F2N4O. The molecule has 0 aromatic heterocycles. The van der Waals surface area contributed by atoms with Crippen LogP contribution in [0.25, 0.3) is 0 Å². The molecule has 3 atom stereocenters. The lowest BCUT2D eigenvalue weighted by Gasteiger charge is -2.34. The maximum atomic E-state index is 14.0. The van der Waals surface area contributed by atoms with Crippen molar-refractivity contribution in [2.24, 2.45) is 10.9 Å². The number of piperidine rings is 1. The number of aliphatic hydroxyl groups excluding tert-OH is 1. The van der Waals surface area contributed by atoms with Gasteiger partial charge in [0.1, 0.15) is 11.6 Å². The van der Waals surface area contributed by atoms with Crippen LogP contribution in [0.4, 0.5) is 8.78 Å². The van der Waals surface area contributed by atoms with E-state index in [9.17, 15) is 13.9 Å². The Morgan fingerprint density at radius 1 is 1.21 bits per heavy atom. The summed E-state index contributed by atoms with van der Waals surface area (Å²) in [6, 6.07) is 4.20. The smallest absolute Gasteiger partial charge is 0.191 e. The van der Waals surface area contributed by atoms with Crippen molar-refractivity contribution in [2.75, 3.05) is 26.2 Å². The number of likely N-dealkylation sites (tertiary alicyclic amines) is 1. The van der Waals surface area contributed by atoms with Gasteiger partial charge in [-0.3, -0.25) is 9.89 Å². The van der Waals surface area contributed by atoms with Gasteiger partial charge in [-0.05, 0) is 51.3 Å². The van der Waals surface area contributed by atoms with Crippen LogP contribution in [-0.2, 0) is 6.54 Å². The number of nitrogens with zero attached hydrogens (tertiary/aromatic N) is 2. The van der Waals surface area contributed by atoms with Crippen LogP contribution < -0.4 is 10.6 Å². The van der Waals surface area contributed by atoms with E-state index in [1.807, 2.05) is 6.92 Å². The normalized spacial score (nSPS) is 26.4. The van der Waals surface area contributed by atoms with Crippen molar-refractivity contribution in [1.29, 1.82) is 0 Å². The molecule has 1 aliphatic carbocycles. The number of halogens is 2. The molecule has 5 nitrogen and oxygen atoms in total. The van der Waals surface area contributed by atoms with Gasteiger partial charge in [0.25, 0.3) is 0 Å². The highest BCUT2D eigenvalue weighted by Gasteiger charge is 2.26. The average molecular weight is 395 g/mol. The van der Waals surface area contributed by atoms with Crippen LogP contribution in [0.5, 0.6) is 0 Å². The van der Waals surface area contributed by atoms with Crippen molar-refractivity contribution in [3.05, 3.63) is 35.4 Å². The second-order valence-electron chi connectivity index (χ2n) is 7.90. The van der Waals surface area contributed by atoms with E-state index in [-0.39, 0.29) is 30.2 Å². The Bertz CT molecular complexity index is 650. The molecule has 2 aliphatic rings. The van der Waals surface area contributed by atoms with Gasteiger partial charge >= 0.3 is 0 Å². The molecule has 3 N–H and O–H groups in total. The summed E-state index contributed by atoms with van der Waals surface area (Å²) < 4.78 is 27.9. The fraction of sp³-hybridized carbons (Fsp3) is 0.667. The first-order valence-electron chi connectivity index (χ1n) is 10.4. The Labute approximate surface area is 166 Å². The van der Waals surface area contributed by atoms with Gasteiger partial charge in [-0.25, -0.2) is 8.78 Å². The average Bonchev–Trinajstić information content (AvgIpc) is 3.08. The van der Waals surface area contributed by atoms with Crippen molar-refractivity contribution in [1.82, 2.24) is 15.5 Å². The van der Waals surface area contributed by atoms with Crippen molar-refractivity contribution in [3.63, 3.8) is 0 Å². The van der Waals surface area contributed by atoms with Crippen molar-refractivity contribution < 1.29 is 13.9 Å². The fourth-order valence-corrected chi connectivity index (χ4v) is 4.18. The largest absolute Gasteiger partial charge is 0.393 e. The summed E-state index contributed by atoms with van der Waals surface area (Å²) in [6.07, 6.45) is 4.67. The van der Waals surface area contributed by atoms with Gasteiger partial charge in [0.2, 0.25) is 0 Å². The summed E-state index contributed by atoms with van der Waals surface area (Å²) >= 11 is 0. The van der Waals surface area contributed by atoms with Crippen LogP contribution in [0, 0.1) is 17.6 Å². The highest BCUT2D eigenvalue weighted by molar-refractivity contribution is 5.80. The predicted molar refractivity (Wildman–Crippen MR) is 107 cm³/mol. The highest BCUT2D eigenvalue weighted by Crippen LogP contribution is 2.25. The van der Waals surface area contributed by atoms with Gasteiger partial charge in [0.15, 0.2) is 5.96 Å². The molecule has 7 heteroatoms. The molecule has 28 heavy (non-hydrogen) atoms. The molecule has 156 valence electrons. The number of hydrogen-bond donors (Lipinski definition) is 3. The third-order valence-electron chi connectivity index (χ3n) is 5.74. The molecule has 1 heterocycles. The number of hydrogen-bond acceptors (Lipinski definition) is 3. The zero-order chi connectivity index (χ0) is 19.9. The Kier molecular flexibility index (Phi) is 7.62. The number of benzene rings is 1. The first-order chi connectivity index (χ1) is 13.6. The number of aliphatic imine (C=N–C) groups is 1. The van der Waals surface area contributed by atoms with Crippen LogP contribution in [0.15, 0.2) is 23.2 Å². The Balaban J connectivity index is 1.57. The summed E-state index contributed by atoms with van der Waals surface area (Å²) in [7, 11) is 0. The minimum absolute atomic E-state index is 0.138. The highest BCUT2D eigenvalue weighted by atomic mass is 19.1. The van der Waals surface area contributed by atoms with Crippen LogP contribution in [0.2, 0.25) is 0 Å². The lowest BCUT2D eigenvalue weighted by atomic mass is 10.0. The van der Waals surface area contributed by atoms with Gasteiger partial charge in [-0.2, -0.15) is 0 Å². The zero-order valence-corrected chi connectivity index (χ0v) is 16.6. The van der Waals surface area contributed by atoms with E-state index >= 15 is 0 Å². The summed E-state index contributed by atoms with van der Waals surface area (Å²) in [5, 5.41) is 16.7. The van der Waals surface area contributed by atoms with Crippen LogP contribution in [0.1, 0.15) is 44.6 Å². The second-order valence-corrected chi connectivity index (χ2v) is 7.90. The van der Waals surface area contributed by atoms with Crippen molar-refractivity contribution in [3.8, 4) is 0 Å². The summed E-state index contributed by atoms with van der Waals surface area (Å²) in [5.41, 5.74) is 0.138. The first kappa shape index (κ1) is 21.0. The third kappa shape index (κ3) is 5.64. The molecule has 0 bridgehead atoms. The summed E-state index contributed by atoms with van der Waals surface area (Å²) in [5.74, 6) is 0.0214. The number of nitrogens with one attached hydrogen (secondary N) is 2. The van der Waals surface area contributed by atoms with E-state index in [1.165, 1.54) is 18.2 Å². The molecule has 2 fully saturated rings. The maximum absolute atomic E-state index is 14.0. The summed E-state index contributed by atoms with van der Waals surface area (Å²) in [4.78, 5) is 6.76. The molecule has 0 spiro atoms. The minimum atomic E-state index is -0.486. The van der Waals surface area contributed by atoms with E-state index in [0.717, 1.165) is 51.2 Å². The maximum Gasteiger partial charge on any atom is 0.191 e. The van der Waals surface area contributed by atoms with Gasteiger partial charge in [-0.1, -0.05) is 12.5 Å². The monoisotopic (exact) mass is 394 g/mol. The standard InChI is InChI=1S/C21H32F2N4O/c1-2-24-21(25-12-15-6-3-10-20(15)28)26-16-7-5-11-27(13-16)14-17-18(22)8-4-9-19(17)23/h4,8-9,15-16,20,28H,2-3,5-7,10-14H2,1H3,(H2,24,25,26). The van der Waals surface area contributed by atoms with E-state index in [0.29, 0.717) is 13.1 Å². The van der Waals surface area contributed by atoms with Gasteiger partial charge in [0, 0.05) is 43.7 Å². The topological polar surface area (TPSA) is 59.9 Å². The molecule has 1 aliphatic heterocycles. The van der Waals surface area contributed by atoms with Crippen molar-refractivity contribution in [2.45, 2.75) is 57.7 Å². The second kappa shape index (κ2) is 10.2. The molecular weight excluding hydrogens is 362 g/mol. The fourth-order valence-electron chi connectivity index (χ4n) is 4.18. The molecule has 0 amide bonds. The van der Waals surface area contributed by atoms with Gasteiger partial charge < -0.3 is 15.7 Å². The number of aliphatic hydroxyl groups is 1. The SMILES string of the molecule is CCNC(=NCC1CCCC1O)NC1CCCN(Cc2c(F)cccc2F)C1. The van der Waals surface area contributed by atoms with Gasteiger partial charge in [0.05, 0.1) is 6.10 Å². The lowest BCUT2D eigenvalue weighted by molar-refractivity contribution is 0.136. The summed E-state index contributed by atoms with van der Waals surface area (Å²) in [6.45, 7) is 5.22. The van der Waals surface area contributed by atoms with E-state index in [1.54, 1.807) is 0 Å². The Morgan fingerprint density at radius 2 is 2.00 bits per heavy atom. The van der Waals surface area contributed by atoms with E-state index in [4.69, 9.17) is 0 Å². The predicted octanol–water partition coefficient (Wildman–Crippen LogP) is 2.65. The molecule has 1 saturated heterocycles. The molecule has 3 rings (SSSR count). The Hall–Kier alpha value is -1.73. The van der Waals surface area contributed by atoms with Crippen LogP contribution >= 0.6 is 0 Å². The van der Waals surface area contributed by atoms with E-state index in [2.05, 4.69) is 20.5 Å². The quantitative estimate of drug-likeness (QED) is 0.513. The molecule has 3 unspecified atom stereocenters. The first-order valence-corrected chi connectivity index (χ1v) is 10.4. The molecule has 1 aromatic rings. The van der Waals surface area contributed by atoms with Crippen LogP contribution in [0.3, 0.4) is 0 Å². The minimum Gasteiger partial charge on any atom is -0.393 e. The van der Waals surface area contributed by atoms with Crippen molar-refractivity contribution >= 4 is 5.96 Å². The van der Waals surface area contributed by atoms with Gasteiger partial charge in [-0.15, -0.1) is 0 Å². The molecule has 1 saturated carbocycles. The number of guanidine groups is 1. The third-order valence-corrected chi connectivity index (χ3v) is 5.74. The Morgan fingerprint density at radius 3 is 2.68 bits per heavy atom.